The molecule has 0 amide bonds. The summed E-state index contributed by atoms with van der Waals surface area (Å²) in [4.78, 5) is 0. The highest BCUT2D eigenvalue weighted by Gasteiger charge is 2.12. The number of halogens is 2. The normalized spacial score (nSPS) is 11.4. The van der Waals surface area contributed by atoms with Crippen molar-refractivity contribution in [2.24, 2.45) is 0 Å². The van der Waals surface area contributed by atoms with Gasteiger partial charge in [-0.2, -0.15) is 0 Å². The monoisotopic (exact) mass is 251 g/mol. The number of aryl methyl sites for hydroxylation is 1. The largest absolute Gasteiger partial charge is 0.281 e. The minimum Gasteiger partial charge on any atom is -0.281 e. The molecule has 0 saturated heterocycles. The molecule has 15 heavy (non-hydrogen) atoms. The van der Waals surface area contributed by atoms with Gasteiger partial charge in [0.05, 0.1) is 11.4 Å². The molecule has 0 aromatic heterocycles. The molecule has 1 aromatic rings. The SMILES string of the molecule is Cc1ccc(F)c(NS(=O)(=O)CCCl)c1. The van der Waals surface area contributed by atoms with Crippen LogP contribution in [0.1, 0.15) is 5.56 Å². The molecule has 0 bridgehead atoms. The van der Waals surface area contributed by atoms with Crippen molar-refractivity contribution < 1.29 is 12.8 Å². The van der Waals surface area contributed by atoms with Gasteiger partial charge in [0.2, 0.25) is 10.0 Å². The van der Waals surface area contributed by atoms with E-state index in [2.05, 4.69) is 4.72 Å². The van der Waals surface area contributed by atoms with Gasteiger partial charge in [0.15, 0.2) is 0 Å². The number of sulfonamides is 1. The van der Waals surface area contributed by atoms with Crippen molar-refractivity contribution in [3.63, 3.8) is 0 Å². The standard InChI is InChI=1S/C9H11ClFNO2S/c1-7-2-3-8(11)9(6-7)12-15(13,14)5-4-10/h2-3,6,12H,4-5H2,1H3. The van der Waals surface area contributed by atoms with Gasteiger partial charge in [-0.15, -0.1) is 11.6 Å². The number of nitrogens with one attached hydrogen (secondary N) is 1. The van der Waals surface area contributed by atoms with E-state index in [0.29, 0.717) is 0 Å². The van der Waals surface area contributed by atoms with Gasteiger partial charge in [0, 0.05) is 5.88 Å². The molecule has 0 radical (unpaired) electrons. The van der Waals surface area contributed by atoms with E-state index in [-0.39, 0.29) is 17.3 Å². The van der Waals surface area contributed by atoms with Crippen LogP contribution in [0.3, 0.4) is 0 Å². The Labute approximate surface area is 93.3 Å². The number of alkyl halides is 1. The van der Waals surface area contributed by atoms with Crippen LogP contribution in [-0.4, -0.2) is 20.1 Å². The molecule has 0 spiro atoms. The second-order valence-corrected chi connectivity index (χ2v) is 5.31. The van der Waals surface area contributed by atoms with Gasteiger partial charge in [0.25, 0.3) is 0 Å². The molecule has 1 N–H and O–H groups in total. The Morgan fingerprint density at radius 1 is 1.47 bits per heavy atom. The smallest absolute Gasteiger partial charge is 0.233 e. The van der Waals surface area contributed by atoms with E-state index in [4.69, 9.17) is 11.6 Å². The Bertz CT molecular complexity index is 447. The summed E-state index contributed by atoms with van der Waals surface area (Å²) in [6, 6.07) is 4.21. The Morgan fingerprint density at radius 3 is 2.73 bits per heavy atom. The van der Waals surface area contributed by atoms with Crippen LogP contribution in [0.25, 0.3) is 0 Å². The van der Waals surface area contributed by atoms with Crippen molar-refractivity contribution >= 4 is 27.3 Å². The number of rotatable bonds is 4. The third-order valence-corrected chi connectivity index (χ3v) is 3.42. The van der Waals surface area contributed by atoms with Crippen LogP contribution >= 0.6 is 11.6 Å². The molecule has 0 atom stereocenters. The van der Waals surface area contributed by atoms with E-state index in [1.54, 1.807) is 13.0 Å². The highest BCUT2D eigenvalue weighted by Crippen LogP contribution is 2.17. The lowest BCUT2D eigenvalue weighted by atomic mass is 10.2. The topological polar surface area (TPSA) is 46.2 Å². The summed E-state index contributed by atoms with van der Waals surface area (Å²) in [5.41, 5.74) is 0.736. The van der Waals surface area contributed by atoms with E-state index in [1.165, 1.54) is 12.1 Å². The summed E-state index contributed by atoms with van der Waals surface area (Å²) in [6.45, 7) is 1.75. The molecule has 1 aromatic carbocycles. The molecule has 0 fully saturated rings. The van der Waals surface area contributed by atoms with Gasteiger partial charge < -0.3 is 0 Å². The molecule has 0 aliphatic rings. The zero-order valence-corrected chi connectivity index (χ0v) is 9.70. The summed E-state index contributed by atoms with van der Waals surface area (Å²) >= 11 is 5.31. The average molecular weight is 252 g/mol. The van der Waals surface area contributed by atoms with Gasteiger partial charge in [-0.25, -0.2) is 12.8 Å². The zero-order chi connectivity index (χ0) is 11.5. The van der Waals surface area contributed by atoms with Crippen LogP contribution in [0.2, 0.25) is 0 Å². The van der Waals surface area contributed by atoms with E-state index >= 15 is 0 Å². The van der Waals surface area contributed by atoms with Crippen LogP contribution in [0.5, 0.6) is 0 Å². The Kier molecular flexibility index (Phi) is 3.93. The van der Waals surface area contributed by atoms with E-state index in [1.807, 2.05) is 0 Å². The van der Waals surface area contributed by atoms with Crippen LogP contribution in [0, 0.1) is 12.7 Å². The summed E-state index contributed by atoms with van der Waals surface area (Å²) in [5.74, 6) is -0.858. The summed E-state index contributed by atoms with van der Waals surface area (Å²) in [5, 5.41) is 0. The van der Waals surface area contributed by atoms with Gasteiger partial charge in [-0.3, -0.25) is 4.72 Å². The average Bonchev–Trinajstić information content (AvgIpc) is 2.10. The predicted molar refractivity (Wildman–Crippen MR) is 59.3 cm³/mol. The van der Waals surface area contributed by atoms with E-state index in [0.717, 1.165) is 5.56 Å². The van der Waals surface area contributed by atoms with Crippen molar-refractivity contribution in [3.8, 4) is 0 Å². The number of benzene rings is 1. The molecule has 3 nitrogen and oxygen atoms in total. The van der Waals surface area contributed by atoms with Crippen LogP contribution in [0.4, 0.5) is 10.1 Å². The fraction of sp³-hybridized carbons (Fsp3) is 0.333. The Balaban J connectivity index is 2.94. The lowest BCUT2D eigenvalue weighted by molar-refractivity contribution is 0.600. The molecule has 0 unspecified atom stereocenters. The second kappa shape index (κ2) is 4.81. The lowest BCUT2D eigenvalue weighted by Gasteiger charge is -2.08. The van der Waals surface area contributed by atoms with Crippen LogP contribution < -0.4 is 4.72 Å². The molecule has 84 valence electrons. The second-order valence-electron chi connectivity index (χ2n) is 3.09. The van der Waals surface area contributed by atoms with Crippen LogP contribution in [0.15, 0.2) is 18.2 Å². The van der Waals surface area contributed by atoms with Gasteiger partial charge in [-0.05, 0) is 24.6 Å². The van der Waals surface area contributed by atoms with Gasteiger partial charge in [0.1, 0.15) is 5.82 Å². The molecule has 6 heteroatoms. The molecular formula is C9H11ClFNO2S. The lowest BCUT2D eigenvalue weighted by Crippen LogP contribution is -2.18. The van der Waals surface area contributed by atoms with Gasteiger partial charge in [-0.1, -0.05) is 6.07 Å². The van der Waals surface area contributed by atoms with Crippen molar-refractivity contribution in [3.05, 3.63) is 29.6 Å². The third-order valence-electron chi connectivity index (χ3n) is 1.73. The third kappa shape index (κ3) is 3.68. The predicted octanol–water partition coefficient (Wildman–Crippen LogP) is 2.11. The fourth-order valence-electron chi connectivity index (χ4n) is 1.04. The first-order valence-electron chi connectivity index (χ1n) is 4.27. The number of hydrogen-bond acceptors (Lipinski definition) is 2. The molecule has 0 aliphatic carbocycles. The first kappa shape index (κ1) is 12.3. The summed E-state index contributed by atoms with van der Waals surface area (Å²) < 4.78 is 37.9. The van der Waals surface area contributed by atoms with Crippen molar-refractivity contribution in [1.29, 1.82) is 0 Å². The van der Waals surface area contributed by atoms with E-state index in [9.17, 15) is 12.8 Å². The maximum atomic E-state index is 13.2. The highest BCUT2D eigenvalue weighted by molar-refractivity contribution is 7.92. The zero-order valence-electron chi connectivity index (χ0n) is 8.13. The Morgan fingerprint density at radius 2 is 2.13 bits per heavy atom. The number of anilines is 1. The highest BCUT2D eigenvalue weighted by atomic mass is 35.5. The molecule has 0 saturated carbocycles. The molecule has 0 heterocycles. The van der Waals surface area contributed by atoms with Crippen molar-refractivity contribution in [2.45, 2.75) is 6.92 Å². The summed E-state index contributed by atoms with van der Waals surface area (Å²) in [6.07, 6.45) is 0. The first-order valence-corrected chi connectivity index (χ1v) is 6.46. The molecule has 1 rings (SSSR count). The maximum absolute atomic E-state index is 13.2. The Hall–Kier alpha value is -0.810. The summed E-state index contributed by atoms with van der Waals surface area (Å²) in [7, 11) is -3.55. The fourth-order valence-corrected chi connectivity index (χ4v) is 2.44. The maximum Gasteiger partial charge on any atom is 0.233 e. The quantitative estimate of drug-likeness (QED) is 0.834. The van der Waals surface area contributed by atoms with E-state index < -0.39 is 15.8 Å². The number of hydrogen-bond donors (Lipinski definition) is 1. The molecular weight excluding hydrogens is 241 g/mol. The minimum atomic E-state index is -3.55. The molecule has 0 aliphatic heterocycles. The minimum absolute atomic E-state index is 0.0250. The van der Waals surface area contributed by atoms with Crippen molar-refractivity contribution in [1.82, 2.24) is 0 Å². The van der Waals surface area contributed by atoms with Gasteiger partial charge >= 0.3 is 0 Å². The van der Waals surface area contributed by atoms with Crippen LogP contribution in [-0.2, 0) is 10.0 Å². The first-order chi connectivity index (χ1) is 6.94. The van der Waals surface area contributed by atoms with Crippen molar-refractivity contribution in [2.75, 3.05) is 16.4 Å².